The van der Waals surface area contributed by atoms with E-state index in [4.69, 9.17) is 9.47 Å². The molecule has 26 heavy (non-hydrogen) atoms. The van der Waals surface area contributed by atoms with E-state index in [-0.39, 0.29) is 17.4 Å². The molecule has 2 saturated heterocycles. The number of piperidine rings is 1. The highest BCUT2D eigenvalue weighted by atomic mass is 16.5. The number of hydrogen-bond donors (Lipinski definition) is 0. The number of carbonyl (C=O) groups is 1. The first kappa shape index (κ1) is 17.0. The Morgan fingerprint density at radius 3 is 3.08 bits per heavy atom. The summed E-state index contributed by atoms with van der Waals surface area (Å²) in [7, 11) is 1.78. The summed E-state index contributed by atoms with van der Waals surface area (Å²) in [6.07, 6.45) is 5.10. The lowest BCUT2D eigenvalue weighted by atomic mass is 9.77. The third kappa shape index (κ3) is 3.05. The molecular weight excluding hydrogens is 334 g/mol. The average molecular weight is 357 g/mol. The third-order valence-electron chi connectivity index (χ3n) is 5.36. The topological polar surface area (TPSA) is 82.4 Å². The number of likely N-dealkylation sites (tertiary alicyclic amines) is 1. The molecule has 0 aromatic carbocycles. The molecule has 0 saturated carbocycles. The molecule has 4 rings (SSSR count). The molecule has 0 unspecified atom stereocenters. The van der Waals surface area contributed by atoms with Crippen molar-refractivity contribution in [2.24, 2.45) is 12.5 Å². The van der Waals surface area contributed by atoms with Crippen LogP contribution in [0.4, 0.5) is 0 Å². The molecule has 1 amide bonds. The van der Waals surface area contributed by atoms with Crippen molar-refractivity contribution >= 4 is 5.91 Å². The van der Waals surface area contributed by atoms with Gasteiger partial charge in [-0.1, -0.05) is 0 Å². The van der Waals surface area contributed by atoms with Gasteiger partial charge in [0.2, 0.25) is 0 Å². The van der Waals surface area contributed by atoms with Crippen molar-refractivity contribution in [2.75, 3.05) is 26.3 Å². The lowest BCUT2D eigenvalue weighted by molar-refractivity contribution is -0.0341. The van der Waals surface area contributed by atoms with E-state index in [9.17, 15) is 4.79 Å². The minimum atomic E-state index is -0.223. The third-order valence-corrected chi connectivity index (χ3v) is 5.36. The van der Waals surface area contributed by atoms with Gasteiger partial charge in [0.25, 0.3) is 5.91 Å². The van der Waals surface area contributed by atoms with Gasteiger partial charge in [-0.15, -0.1) is 0 Å². The van der Waals surface area contributed by atoms with E-state index >= 15 is 0 Å². The van der Waals surface area contributed by atoms with Crippen LogP contribution in [0.1, 0.15) is 29.0 Å². The fourth-order valence-corrected chi connectivity index (χ4v) is 3.88. The van der Waals surface area contributed by atoms with Gasteiger partial charge >= 0.3 is 6.01 Å². The van der Waals surface area contributed by atoms with Crippen molar-refractivity contribution in [3.63, 3.8) is 0 Å². The van der Waals surface area contributed by atoms with E-state index in [1.807, 2.05) is 17.9 Å². The Morgan fingerprint density at radius 2 is 2.31 bits per heavy atom. The fourth-order valence-electron chi connectivity index (χ4n) is 3.88. The molecule has 0 aliphatic carbocycles. The van der Waals surface area contributed by atoms with Crippen LogP contribution in [-0.2, 0) is 11.8 Å². The van der Waals surface area contributed by atoms with Gasteiger partial charge in [0.05, 0.1) is 11.5 Å². The molecule has 2 fully saturated rings. The maximum absolute atomic E-state index is 12.9. The maximum Gasteiger partial charge on any atom is 0.316 e. The van der Waals surface area contributed by atoms with E-state index in [0.717, 1.165) is 18.5 Å². The van der Waals surface area contributed by atoms with Crippen molar-refractivity contribution in [1.29, 1.82) is 0 Å². The van der Waals surface area contributed by atoms with E-state index in [2.05, 4.69) is 15.1 Å². The minimum Gasteiger partial charge on any atom is -0.463 e. The van der Waals surface area contributed by atoms with Crippen LogP contribution in [0.2, 0.25) is 0 Å². The van der Waals surface area contributed by atoms with E-state index in [1.165, 1.54) is 0 Å². The summed E-state index contributed by atoms with van der Waals surface area (Å²) in [5.74, 6) is 0.00142. The van der Waals surface area contributed by atoms with Crippen LogP contribution in [0.15, 0.2) is 24.5 Å². The Kier molecular flexibility index (Phi) is 4.36. The summed E-state index contributed by atoms with van der Waals surface area (Å²) in [6, 6.07) is 3.96. The van der Waals surface area contributed by atoms with Crippen molar-refractivity contribution < 1.29 is 14.3 Å². The second-order valence-electron chi connectivity index (χ2n) is 7.10. The molecule has 8 heteroatoms. The van der Waals surface area contributed by atoms with Crippen LogP contribution >= 0.6 is 0 Å². The number of carbonyl (C=O) groups excluding carboxylic acids is 1. The van der Waals surface area contributed by atoms with E-state index in [1.54, 1.807) is 30.2 Å². The summed E-state index contributed by atoms with van der Waals surface area (Å²) in [5.41, 5.74) is 1.24. The largest absolute Gasteiger partial charge is 0.463 e. The molecule has 2 aromatic heterocycles. The Morgan fingerprint density at radius 1 is 1.42 bits per heavy atom. The number of nitrogens with zero attached hydrogens (tertiary/aromatic N) is 5. The van der Waals surface area contributed by atoms with Crippen LogP contribution in [-0.4, -0.2) is 63.0 Å². The highest BCUT2D eigenvalue weighted by Crippen LogP contribution is 2.41. The number of rotatable bonds is 4. The number of fused-ring (bicyclic) bond motifs is 1. The van der Waals surface area contributed by atoms with Gasteiger partial charge in [0.1, 0.15) is 12.3 Å². The van der Waals surface area contributed by atoms with Crippen LogP contribution in [0, 0.1) is 12.3 Å². The van der Waals surface area contributed by atoms with Crippen molar-refractivity contribution in [2.45, 2.75) is 25.9 Å². The zero-order valence-corrected chi connectivity index (χ0v) is 15.1. The predicted octanol–water partition coefficient (Wildman–Crippen LogP) is 1.22. The predicted molar refractivity (Wildman–Crippen MR) is 92.8 cm³/mol. The van der Waals surface area contributed by atoms with E-state index < -0.39 is 0 Å². The van der Waals surface area contributed by atoms with Crippen LogP contribution in [0.25, 0.3) is 0 Å². The highest BCUT2D eigenvalue weighted by molar-refractivity contribution is 5.92. The first-order chi connectivity index (χ1) is 12.6. The summed E-state index contributed by atoms with van der Waals surface area (Å²) in [5, 5.41) is 4.10. The Hall–Kier alpha value is -2.48. The standard InChI is InChI=1S/C18H23N5O3/c1-13-3-7-19-17(21-13)26-12-18-6-10-25-15(18)5-9-23(11-18)16(24)14-4-8-20-22(14)2/h3-4,7-8,15H,5-6,9-12H2,1-2H3/t15-,18+/m1/s1. The van der Waals surface area contributed by atoms with Gasteiger partial charge in [-0.25, -0.2) is 9.97 Å². The Bertz CT molecular complexity index is 808. The molecule has 2 aliphatic heterocycles. The average Bonchev–Trinajstić information content (AvgIpc) is 3.25. The first-order valence-electron chi connectivity index (χ1n) is 8.89. The van der Waals surface area contributed by atoms with Crippen molar-refractivity contribution in [1.82, 2.24) is 24.6 Å². The van der Waals surface area contributed by atoms with Crippen LogP contribution in [0.3, 0.4) is 0 Å². The van der Waals surface area contributed by atoms with Gasteiger partial charge in [0.15, 0.2) is 0 Å². The van der Waals surface area contributed by atoms with Gasteiger partial charge < -0.3 is 14.4 Å². The minimum absolute atomic E-state index is 0.00142. The van der Waals surface area contributed by atoms with Crippen molar-refractivity contribution in [3.05, 3.63) is 35.9 Å². The Balaban J connectivity index is 1.51. The highest BCUT2D eigenvalue weighted by Gasteiger charge is 2.50. The monoisotopic (exact) mass is 357 g/mol. The number of aryl methyl sites for hydroxylation is 2. The molecule has 138 valence electrons. The molecule has 0 spiro atoms. The van der Waals surface area contributed by atoms with Crippen LogP contribution < -0.4 is 4.74 Å². The lowest BCUT2D eigenvalue weighted by Gasteiger charge is -2.43. The number of amides is 1. The van der Waals surface area contributed by atoms with Gasteiger partial charge in [-0.05, 0) is 31.9 Å². The number of hydrogen-bond acceptors (Lipinski definition) is 6. The fraction of sp³-hybridized carbons (Fsp3) is 0.556. The Labute approximate surface area is 152 Å². The second-order valence-corrected chi connectivity index (χ2v) is 7.10. The lowest BCUT2D eigenvalue weighted by Crippen LogP contribution is -2.54. The molecule has 8 nitrogen and oxygen atoms in total. The molecule has 2 aliphatic rings. The molecule has 0 radical (unpaired) electrons. The SMILES string of the molecule is Cc1ccnc(OC[C@@]23CCO[C@@H]2CCN(C(=O)c2ccnn2C)C3)n1. The van der Waals surface area contributed by atoms with Gasteiger partial charge in [0, 0.05) is 44.8 Å². The smallest absolute Gasteiger partial charge is 0.316 e. The molecular formula is C18H23N5O3. The van der Waals surface area contributed by atoms with Gasteiger partial charge in [-0.2, -0.15) is 5.10 Å². The normalized spacial score (nSPS) is 25.2. The van der Waals surface area contributed by atoms with E-state index in [0.29, 0.717) is 38.0 Å². The quantitative estimate of drug-likeness (QED) is 0.818. The van der Waals surface area contributed by atoms with Crippen LogP contribution in [0.5, 0.6) is 6.01 Å². The summed E-state index contributed by atoms with van der Waals surface area (Å²) in [4.78, 5) is 23.3. The molecule has 0 bridgehead atoms. The zero-order valence-electron chi connectivity index (χ0n) is 15.1. The number of ether oxygens (including phenoxy) is 2. The zero-order chi connectivity index (χ0) is 18.1. The molecule has 4 heterocycles. The summed E-state index contributed by atoms with van der Waals surface area (Å²) in [6.45, 7) is 4.32. The second kappa shape index (κ2) is 6.68. The van der Waals surface area contributed by atoms with Crippen molar-refractivity contribution in [3.8, 4) is 6.01 Å². The van der Waals surface area contributed by atoms with Gasteiger partial charge in [-0.3, -0.25) is 9.48 Å². The maximum atomic E-state index is 12.9. The summed E-state index contributed by atoms with van der Waals surface area (Å²) < 4.78 is 13.5. The summed E-state index contributed by atoms with van der Waals surface area (Å²) >= 11 is 0. The molecule has 2 aromatic rings. The first-order valence-corrected chi connectivity index (χ1v) is 8.89. The molecule has 2 atom stereocenters. The number of aromatic nitrogens is 4. The molecule has 0 N–H and O–H groups in total.